The SMILES string of the molecule is Cc1cc(OCC(C)(C)C(=O)OC(C)(C)C)ncc1-c1cnc(C(=N)N)c(F)c1. The number of carbonyl (C=O) groups is 1. The summed E-state index contributed by atoms with van der Waals surface area (Å²) >= 11 is 0. The minimum absolute atomic E-state index is 0.0944. The number of nitrogens with one attached hydrogen (secondary N) is 1. The number of esters is 1. The van der Waals surface area contributed by atoms with E-state index in [-0.39, 0.29) is 18.3 Å². The number of aromatic nitrogens is 2. The largest absolute Gasteiger partial charge is 0.476 e. The van der Waals surface area contributed by atoms with Gasteiger partial charge in [0.15, 0.2) is 5.82 Å². The van der Waals surface area contributed by atoms with Gasteiger partial charge in [0.25, 0.3) is 0 Å². The Bertz CT molecular complexity index is 936. The van der Waals surface area contributed by atoms with Gasteiger partial charge in [-0.2, -0.15) is 0 Å². The molecule has 2 heterocycles. The minimum Gasteiger partial charge on any atom is -0.476 e. The highest BCUT2D eigenvalue weighted by Crippen LogP contribution is 2.27. The van der Waals surface area contributed by atoms with Crippen LogP contribution in [0.1, 0.15) is 45.9 Å². The standard InChI is InChI=1S/C21H27FN4O3/c1-12-7-16(28-11-21(5,6)19(27)29-20(2,3)4)25-10-14(12)13-8-15(22)17(18(23)24)26-9-13/h7-10H,11H2,1-6H3,(H3,23,24). The lowest BCUT2D eigenvalue weighted by atomic mass is 9.94. The second-order valence-electron chi connectivity index (χ2n) is 8.48. The summed E-state index contributed by atoms with van der Waals surface area (Å²) in [5.74, 6) is -1.11. The van der Waals surface area contributed by atoms with Gasteiger partial charge in [-0.05, 0) is 53.2 Å². The number of nitrogens with two attached hydrogens (primary N) is 1. The van der Waals surface area contributed by atoms with E-state index in [0.29, 0.717) is 17.0 Å². The fourth-order valence-electron chi connectivity index (χ4n) is 2.42. The molecule has 0 radical (unpaired) electrons. The first kappa shape index (κ1) is 22.3. The van der Waals surface area contributed by atoms with Gasteiger partial charge in [0.1, 0.15) is 23.7 Å². The second-order valence-corrected chi connectivity index (χ2v) is 8.48. The number of rotatable bonds is 6. The Morgan fingerprint density at radius 2 is 1.83 bits per heavy atom. The molecule has 7 nitrogen and oxygen atoms in total. The molecule has 0 aliphatic heterocycles. The zero-order valence-electron chi connectivity index (χ0n) is 17.6. The number of hydrogen-bond donors (Lipinski definition) is 2. The maximum Gasteiger partial charge on any atom is 0.315 e. The van der Waals surface area contributed by atoms with E-state index < -0.39 is 22.7 Å². The summed E-state index contributed by atoms with van der Waals surface area (Å²) in [5, 5.41) is 7.31. The summed E-state index contributed by atoms with van der Waals surface area (Å²) in [4.78, 5) is 20.5. The van der Waals surface area contributed by atoms with Crippen LogP contribution in [0.5, 0.6) is 5.88 Å². The van der Waals surface area contributed by atoms with Gasteiger partial charge in [-0.1, -0.05) is 0 Å². The normalized spacial score (nSPS) is 11.8. The first-order valence-corrected chi connectivity index (χ1v) is 9.13. The highest BCUT2D eigenvalue weighted by atomic mass is 19.1. The van der Waals surface area contributed by atoms with Crippen molar-refractivity contribution in [2.75, 3.05) is 6.61 Å². The molecule has 0 spiro atoms. The number of nitrogen functional groups attached to an aromatic ring is 1. The highest BCUT2D eigenvalue weighted by Gasteiger charge is 2.33. The van der Waals surface area contributed by atoms with Gasteiger partial charge in [0.2, 0.25) is 5.88 Å². The van der Waals surface area contributed by atoms with Crippen molar-refractivity contribution in [3.8, 4) is 17.0 Å². The van der Waals surface area contributed by atoms with Crippen LogP contribution in [-0.2, 0) is 9.53 Å². The number of ether oxygens (including phenoxy) is 2. The molecule has 0 aliphatic rings. The third kappa shape index (κ3) is 5.73. The Hall–Kier alpha value is -3.03. The third-order valence-electron chi connectivity index (χ3n) is 4.03. The first-order chi connectivity index (χ1) is 13.3. The molecule has 2 rings (SSSR count). The van der Waals surface area contributed by atoms with Gasteiger partial charge in [-0.25, -0.2) is 14.4 Å². The Morgan fingerprint density at radius 1 is 1.17 bits per heavy atom. The predicted molar refractivity (Wildman–Crippen MR) is 108 cm³/mol. The maximum atomic E-state index is 14.1. The van der Waals surface area contributed by atoms with E-state index in [1.165, 1.54) is 12.3 Å². The Morgan fingerprint density at radius 3 is 2.34 bits per heavy atom. The summed E-state index contributed by atoms with van der Waals surface area (Å²) < 4.78 is 25.2. The molecule has 2 aromatic heterocycles. The number of aryl methyl sites for hydroxylation is 1. The van der Waals surface area contributed by atoms with E-state index in [1.807, 2.05) is 27.7 Å². The molecule has 0 amide bonds. The zero-order chi connectivity index (χ0) is 22.0. The fraction of sp³-hybridized carbons (Fsp3) is 0.429. The van der Waals surface area contributed by atoms with E-state index in [2.05, 4.69) is 9.97 Å². The number of amidine groups is 1. The number of hydrogen-bond acceptors (Lipinski definition) is 6. The van der Waals surface area contributed by atoms with Crippen molar-refractivity contribution in [3.63, 3.8) is 0 Å². The Kier molecular flexibility index (Phi) is 6.25. The molecule has 2 aromatic rings. The minimum atomic E-state index is -0.850. The van der Waals surface area contributed by atoms with Crippen molar-refractivity contribution in [2.45, 2.75) is 47.1 Å². The van der Waals surface area contributed by atoms with Crippen LogP contribution in [-0.4, -0.2) is 34.0 Å². The van der Waals surface area contributed by atoms with Crippen molar-refractivity contribution in [1.82, 2.24) is 9.97 Å². The van der Waals surface area contributed by atoms with Gasteiger partial charge in [-0.15, -0.1) is 0 Å². The molecule has 3 N–H and O–H groups in total. The summed E-state index contributed by atoms with van der Waals surface area (Å²) in [6, 6.07) is 2.97. The molecule has 0 saturated carbocycles. The van der Waals surface area contributed by atoms with Crippen LogP contribution in [0.4, 0.5) is 4.39 Å². The van der Waals surface area contributed by atoms with Crippen molar-refractivity contribution < 1.29 is 18.7 Å². The average molecular weight is 402 g/mol. The van der Waals surface area contributed by atoms with E-state index in [1.54, 1.807) is 26.1 Å². The first-order valence-electron chi connectivity index (χ1n) is 9.13. The van der Waals surface area contributed by atoms with Gasteiger partial charge in [0.05, 0.1) is 5.41 Å². The average Bonchev–Trinajstić information content (AvgIpc) is 2.58. The molecular weight excluding hydrogens is 375 g/mol. The van der Waals surface area contributed by atoms with Crippen LogP contribution in [0.25, 0.3) is 11.1 Å². The topological polar surface area (TPSA) is 111 Å². The Labute approximate surface area is 170 Å². The highest BCUT2D eigenvalue weighted by molar-refractivity contribution is 5.93. The van der Waals surface area contributed by atoms with Crippen LogP contribution < -0.4 is 10.5 Å². The Balaban J connectivity index is 2.15. The van der Waals surface area contributed by atoms with Crippen LogP contribution >= 0.6 is 0 Å². The van der Waals surface area contributed by atoms with E-state index >= 15 is 0 Å². The van der Waals surface area contributed by atoms with E-state index in [4.69, 9.17) is 20.6 Å². The quantitative estimate of drug-likeness (QED) is 0.434. The zero-order valence-corrected chi connectivity index (χ0v) is 17.6. The molecule has 0 unspecified atom stereocenters. The lowest BCUT2D eigenvalue weighted by Crippen LogP contribution is -2.37. The molecule has 0 aromatic carbocycles. The molecule has 0 atom stereocenters. The number of halogens is 1. The van der Waals surface area contributed by atoms with E-state index in [0.717, 1.165) is 5.56 Å². The van der Waals surface area contributed by atoms with Gasteiger partial charge >= 0.3 is 5.97 Å². The van der Waals surface area contributed by atoms with Gasteiger partial charge in [-0.3, -0.25) is 10.2 Å². The summed E-state index contributed by atoms with van der Waals surface area (Å²) in [5.41, 5.74) is 5.65. The molecular formula is C21H27FN4O3. The number of pyridine rings is 2. The van der Waals surface area contributed by atoms with E-state index in [9.17, 15) is 9.18 Å². The van der Waals surface area contributed by atoms with Crippen LogP contribution in [0.3, 0.4) is 0 Å². The van der Waals surface area contributed by atoms with Crippen molar-refractivity contribution >= 4 is 11.8 Å². The predicted octanol–water partition coefficient (Wildman–Crippen LogP) is 3.62. The van der Waals surface area contributed by atoms with Crippen LogP contribution in [0.15, 0.2) is 24.5 Å². The lowest BCUT2D eigenvalue weighted by molar-refractivity contribution is -0.167. The summed E-state index contributed by atoms with van der Waals surface area (Å²) in [6.07, 6.45) is 2.99. The molecule has 29 heavy (non-hydrogen) atoms. The van der Waals surface area contributed by atoms with Gasteiger partial charge < -0.3 is 15.2 Å². The smallest absolute Gasteiger partial charge is 0.315 e. The maximum absolute atomic E-state index is 14.1. The van der Waals surface area contributed by atoms with Crippen LogP contribution in [0, 0.1) is 23.6 Å². The molecule has 0 aliphatic carbocycles. The van der Waals surface area contributed by atoms with Crippen molar-refractivity contribution in [3.05, 3.63) is 41.6 Å². The third-order valence-corrected chi connectivity index (χ3v) is 4.03. The molecule has 0 saturated heterocycles. The summed E-state index contributed by atoms with van der Waals surface area (Å²) in [7, 11) is 0. The summed E-state index contributed by atoms with van der Waals surface area (Å²) in [6.45, 7) is 10.8. The lowest BCUT2D eigenvalue weighted by Gasteiger charge is -2.28. The molecule has 156 valence electrons. The molecule has 0 fully saturated rings. The monoisotopic (exact) mass is 402 g/mol. The van der Waals surface area contributed by atoms with Crippen molar-refractivity contribution in [2.24, 2.45) is 11.1 Å². The van der Waals surface area contributed by atoms with Gasteiger partial charge in [0, 0.05) is 29.6 Å². The fourth-order valence-corrected chi connectivity index (χ4v) is 2.42. The number of nitrogens with zero attached hydrogens (tertiary/aromatic N) is 2. The molecule has 8 heteroatoms. The molecule has 0 bridgehead atoms. The second kappa shape index (κ2) is 8.14. The van der Waals surface area contributed by atoms with Crippen molar-refractivity contribution in [1.29, 1.82) is 5.41 Å². The number of carbonyl (C=O) groups excluding carboxylic acids is 1. The van der Waals surface area contributed by atoms with Crippen LogP contribution in [0.2, 0.25) is 0 Å².